The molecule has 17 heavy (non-hydrogen) atoms. The third kappa shape index (κ3) is 2.42. The van der Waals surface area contributed by atoms with E-state index in [1.807, 2.05) is 0 Å². The molecule has 2 aromatic rings. The van der Waals surface area contributed by atoms with Crippen LogP contribution in [0.5, 0.6) is 0 Å². The van der Waals surface area contributed by atoms with Gasteiger partial charge >= 0.3 is 6.18 Å². The predicted octanol–water partition coefficient (Wildman–Crippen LogP) is 3.30. The maximum absolute atomic E-state index is 12.5. The summed E-state index contributed by atoms with van der Waals surface area (Å²) in [4.78, 5) is 5.77. The van der Waals surface area contributed by atoms with Crippen molar-refractivity contribution >= 4 is 27.5 Å². The Morgan fingerprint density at radius 1 is 1.35 bits per heavy atom. The van der Waals surface area contributed by atoms with E-state index in [4.69, 9.17) is 11.6 Å². The first kappa shape index (κ1) is 12.3. The number of halogens is 5. The minimum atomic E-state index is -4.53. The van der Waals surface area contributed by atoms with Crippen molar-refractivity contribution in [1.29, 1.82) is 0 Å². The van der Waals surface area contributed by atoms with Crippen LogP contribution in [-0.4, -0.2) is 20.2 Å². The van der Waals surface area contributed by atoms with E-state index in [-0.39, 0.29) is 21.1 Å². The van der Waals surface area contributed by atoms with Gasteiger partial charge < -0.3 is 4.98 Å². The fourth-order valence-electron chi connectivity index (χ4n) is 1.13. The summed E-state index contributed by atoms with van der Waals surface area (Å²) in [7, 11) is 0. The summed E-state index contributed by atoms with van der Waals surface area (Å²) in [5, 5.41) is 7.32. The second-order valence-electron chi connectivity index (χ2n) is 2.98. The summed E-state index contributed by atoms with van der Waals surface area (Å²) < 4.78 is 37.2. The first-order valence-corrected chi connectivity index (χ1v) is 5.37. The lowest BCUT2D eigenvalue weighted by molar-refractivity contribution is -0.141. The molecule has 0 fully saturated rings. The van der Waals surface area contributed by atoms with Gasteiger partial charge in [0.1, 0.15) is 10.3 Å². The molecule has 0 amide bonds. The molecule has 90 valence electrons. The molecule has 0 aliphatic carbocycles. The molecule has 0 bridgehead atoms. The largest absolute Gasteiger partial charge is 0.433 e. The van der Waals surface area contributed by atoms with Gasteiger partial charge in [0.15, 0.2) is 11.5 Å². The summed E-state index contributed by atoms with van der Waals surface area (Å²) in [6.07, 6.45) is -3.20. The van der Waals surface area contributed by atoms with Crippen molar-refractivity contribution in [2.45, 2.75) is 6.18 Å². The van der Waals surface area contributed by atoms with E-state index >= 15 is 0 Å². The average Bonchev–Trinajstić information content (AvgIpc) is 2.60. The van der Waals surface area contributed by atoms with Gasteiger partial charge in [0.05, 0.1) is 11.2 Å². The summed E-state index contributed by atoms with van der Waals surface area (Å²) in [5.41, 5.74) is -0.931. The van der Waals surface area contributed by atoms with Gasteiger partial charge in [-0.15, -0.1) is 5.10 Å². The number of aromatic amines is 1. The minimum absolute atomic E-state index is 0.0605. The van der Waals surface area contributed by atoms with Crippen molar-refractivity contribution in [1.82, 2.24) is 20.2 Å². The monoisotopic (exact) mass is 326 g/mol. The van der Waals surface area contributed by atoms with Crippen molar-refractivity contribution < 1.29 is 13.2 Å². The summed E-state index contributed by atoms with van der Waals surface area (Å²) in [6, 6.07) is 1.41. The van der Waals surface area contributed by atoms with E-state index in [9.17, 15) is 13.2 Å². The molecule has 2 heterocycles. The summed E-state index contributed by atoms with van der Waals surface area (Å²) in [5.74, 6) is -0.0951. The molecule has 9 heteroatoms. The highest BCUT2D eigenvalue weighted by atomic mass is 79.9. The highest BCUT2D eigenvalue weighted by Gasteiger charge is 2.36. The molecule has 0 aliphatic rings. The Kier molecular flexibility index (Phi) is 3.09. The maximum atomic E-state index is 12.5. The molecule has 0 radical (unpaired) electrons. The van der Waals surface area contributed by atoms with Crippen LogP contribution in [0.4, 0.5) is 13.2 Å². The van der Waals surface area contributed by atoms with Crippen LogP contribution < -0.4 is 0 Å². The Hall–Kier alpha value is -1.15. The van der Waals surface area contributed by atoms with Gasteiger partial charge in [0.25, 0.3) is 0 Å². The number of hydrogen-bond acceptors (Lipinski definition) is 3. The van der Waals surface area contributed by atoms with E-state index in [2.05, 4.69) is 36.1 Å². The van der Waals surface area contributed by atoms with Gasteiger partial charge in [-0.3, -0.25) is 0 Å². The van der Waals surface area contributed by atoms with Crippen molar-refractivity contribution in [2.75, 3.05) is 0 Å². The Bertz CT molecular complexity index is 554. The number of nitrogens with one attached hydrogen (secondary N) is 1. The zero-order valence-electron chi connectivity index (χ0n) is 7.89. The average molecular weight is 327 g/mol. The molecule has 0 saturated carbocycles. The molecule has 0 atom stereocenters. The van der Waals surface area contributed by atoms with Crippen molar-refractivity contribution in [3.63, 3.8) is 0 Å². The van der Waals surface area contributed by atoms with Crippen LogP contribution in [0, 0.1) is 0 Å². The summed E-state index contributed by atoms with van der Waals surface area (Å²) in [6.45, 7) is 0. The van der Waals surface area contributed by atoms with Crippen LogP contribution in [-0.2, 0) is 6.18 Å². The van der Waals surface area contributed by atoms with E-state index in [0.29, 0.717) is 0 Å². The van der Waals surface area contributed by atoms with Crippen molar-refractivity contribution in [3.05, 3.63) is 27.6 Å². The van der Waals surface area contributed by atoms with Gasteiger partial charge in [0, 0.05) is 0 Å². The minimum Gasteiger partial charge on any atom is -0.332 e. The van der Waals surface area contributed by atoms with Gasteiger partial charge in [-0.25, -0.2) is 4.98 Å². The van der Waals surface area contributed by atoms with Crippen LogP contribution in [0.25, 0.3) is 11.5 Å². The quantitative estimate of drug-likeness (QED) is 0.874. The van der Waals surface area contributed by atoms with Crippen LogP contribution in [0.15, 0.2) is 16.9 Å². The van der Waals surface area contributed by atoms with E-state index < -0.39 is 11.9 Å². The number of hydrogen-bond donors (Lipinski definition) is 1. The van der Waals surface area contributed by atoms with Crippen LogP contribution in [0.1, 0.15) is 5.69 Å². The normalized spacial score (nSPS) is 11.8. The molecule has 4 nitrogen and oxygen atoms in total. The third-order valence-corrected chi connectivity index (χ3v) is 2.72. The maximum Gasteiger partial charge on any atom is 0.433 e. The smallest absolute Gasteiger partial charge is 0.332 e. The number of nitrogens with zero attached hydrogens (tertiary/aromatic N) is 3. The van der Waals surface area contributed by atoms with E-state index in [0.717, 1.165) is 0 Å². The van der Waals surface area contributed by atoms with Gasteiger partial charge in [-0.1, -0.05) is 11.6 Å². The van der Waals surface area contributed by atoms with Crippen molar-refractivity contribution in [3.8, 4) is 11.5 Å². The molecule has 0 aromatic carbocycles. The number of imidazole rings is 1. The predicted molar refractivity (Wildman–Crippen MR) is 57.3 cm³/mol. The molecular formula is C8H3BrClF3N4. The molecule has 1 N–H and O–H groups in total. The molecule has 0 unspecified atom stereocenters. The third-order valence-electron chi connectivity index (χ3n) is 1.84. The first-order valence-electron chi connectivity index (χ1n) is 4.20. The molecule has 2 rings (SSSR count). The zero-order valence-corrected chi connectivity index (χ0v) is 10.2. The standard InChI is InChI=1S/C8H3BrClF3N4/c9-6-5(8(11,12)13)15-7(16-6)4-3(10)1-2-14-17-4/h1-2H,(H,15,16). The molecule has 2 aromatic heterocycles. The van der Waals surface area contributed by atoms with Crippen molar-refractivity contribution in [2.24, 2.45) is 0 Å². The first-order chi connectivity index (χ1) is 7.89. The SMILES string of the molecule is FC(F)(F)c1[nH]c(-c2nnccc2Cl)nc1Br. The highest BCUT2D eigenvalue weighted by molar-refractivity contribution is 9.10. The Labute approximate surface area is 106 Å². The number of aromatic nitrogens is 4. The Balaban J connectivity index is 2.53. The number of rotatable bonds is 1. The van der Waals surface area contributed by atoms with E-state index in [1.54, 1.807) is 0 Å². The number of alkyl halides is 3. The van der Waals surface area contributed by atoms with Crippen LogP contribution >= 0.6 is 27.5 Å². The Morgan fingerprint density at radius 2 is 2.06 bits per heavy atom. The second-order valence-corrected chi connectivity index (χ2v) is 4.14. The van der Waals surface area contributed by atoms with E-state index in [1.165, 1.54) is 12.3 Å². The Morgan fingerprint density at radius 3 is 2.59 bits per heavy atom. The fourth-order valence-corrected chi connectivity index (χ4v) is 1.81. The number of H-pyrrole nitrogens is 1. The fraction of sp³-hybridized carbons (Fsp3) is 0.125. The molecule has 0 spiro atoms. The molecule has 0 aliphatic heterocycles. The van der Waals surface area contributed by atoms with Gasteiger partial charge in [-0.2, -0.15) is 18.3 Å². The van der Waals surface area contributed by atoms with Gasteiger partial charge in [-0.05, 0) is 22.0 Å². The highest BCUT2D eigenvalue weighted by Crippen LogP contribution is 2.35. The second kappa shape index (κ2) is 4.26. The summed E-state index contributed by atoms with van der Waals surface area (Å²) >= 11 is 8.50. The lowest BCUT2D eigenvalue weighted by Crippen LogP contribution is -2.06. The molecular weight excluding hydrogens is 324 g/mol. The zero-order chi connectivity index (χ0) is 12.6. The lowest BCUT2D eigenvalue weighted by atomic mass is 10.4. The van der Waals surface area contributed by atoms with Crippen LogP contribution in [0.3, 0.4) is 0 Å². The van der Waals surface area contributed by atoms with Gasteiger partial charge in [0.2, 0.25) is 0 Å². The topological polar surface area (TPSA) is 54.5 Å². The molecule has 0 saturated heterocycles. The van der Waals surface area contributed by atoms with Crippen LogP contribution in [0.2, 0.25) is 5.02 Å². The lowest BCUT2D eigenvalue weighted by Gasteiger charge is -2.02.